The number of carbonyl (C=O) groups excluding carboxylic acids is 1. The van der Waals surface area contributed by atoms with Gasteiger partial charge in [0.15, 0.2) is 5.82 Å². The summed E-state index contributed by atoms with van der Waals surface area (Å²) in [5, 5.41) is 2.99. The summed E-state index contributed by atoms with van der Waals surface area (Å²) in [7, 11) is 6.29. The van der Waals surface area contributed by atoms with Crippen LogP contribution >= 0.6 is 0 Å². The number of anilines is 3. The molecule has 0 radical (unpaired) electrons. The minimum Gasteiger partial charge on any atom is -0.427 e. The Balaban J connectivity index is 1.51. The molecule has 3 heterocycles. The van der Waals surface area contributed by atoms with Gasteiger partial charge >= 0.3 is 7.62 Å². The molecule has 1 aliphatic heterocycles. The van der Waals surface area contributed by atoms with Gasteiger partial charge in [0.25, 0.3) is 5.91 Å². The summed E-state index contributed by atoms with van der Waals surface area (Å²) in [5.74, 6) is 0.210. The van der Waals surface area contributed by atoms with E-state index in [1.54, 1.807) is 31.8 Å². The third-order valence-corrected chi connectivity index (χ3v) is 5.58. The summed E-state index contributed by atoms with van der Waals surface area (Å²) in [5.41, 5.74) is 3.80. The molecule has 0 spiro atoms. The largest absolute Gasteiger partial charge is 0.427 e. The average molecular weight is 445 g/mol. The molecule has 0 aliphatic carbocycles. The fourth-order valence-corrected chi connectivity index (χ4v) is 3.79. The van der Waals surface area contributed by atoms with Crippen LogP contribution < -0.4 is 15.1 Å². The van der Waals surface area contributed by atoms with Gasteiger partial charge in [-0.05, 0) is 24.3 Å². The number of pyridine rings is 1. The standard InChI is InChI=1S/C23H28BN7O2/c1-29(2)18-6-4-5-17(15-18)22-26-10-7-19(27-22)23(32)28-20-16-25-9-8-21(20)30-11-13-31(14-12-30)24-33-3/h4-10,15-16,24H,11-14H2,1-3H3,(H,28,32). The van der Waals surface area contributed by atoms with E-state index in [0.717, 1.165) is 43.1 Å². The smallest absolute Gasteiger partial charge is 0.363 e. The van der Waals surface area contributed by atoms with Crippen LogP contribution in [0.25, 0.3) is 11.4 Å². The lowest BCUT2D eigenvalue weighted by molar-refractivity contribution is 0.102. The second-order valence-corrected chi connectivity index (χ2v) is 8.08. The van der Waals surface area contributed by atoms with Crippen molar-refractivity contribution < 1.29 is 9.45 Å². The number of aromatic nitrogens is 3. The van der Waals surface area contributed by atoms with Gasteiger partial charge < -0.3 is 24.6 Å². The maximum atomic E-state index is 13.1. The molecule has 170 valence electrons. The van der Waals surface area contributed by atoms with Crippen molar-refractivity contribution in [3.05, 3.63) is 60.7 Å². The van der Waals surface area contributed by atoms with Crippen LogP contribution in [0.3, 0.4) is 0 Å². The topological polar surface area (TPSA) is 86.7 Å². The van der Waals surface area contributed by atoms with E-state index >= 15 is 0 Å². The minimum absolute atomic E-state index is 0.297. The molecule has 10 heteroatoms. The Morgan fingerprint density at radius 2 is 1.94 bits per heavy atom. The van der Waals surface area contributed by atoms with E-state index in [4.69, 9.17) is 4.65 Å². The number of benzene rings is 1. The number of rotatable bonds is 7. The molecular formula is C23H28BN7O2. The van der Waals surface area contributed by atoms with Crippen molar-refractivity contribution >= 4 is 30.6 Å². The summed E-state index contributed by atoms with van der Waals surface area (Å²) in [6.45, 7) is 3.47. The lowest BCUT2D eigenvalue weighted by Crippen LogP contribution is -2.48. The Hall–Kier alpha value is -3.50. The van der Waals surface area contributed by atoms with Gasteiger partial charge in [-0.15, -0.1) is 0 Å². The predicted molar refractivity (Wildman–Crippen MR) is 132 cm³/mol. The highest BCUT2D eigenvalue weighted by Gasteiger charge is 2.21. The van der Waals surface area contributed by atoms with Crippen molar-refractivity contribution in [1.29, 1.82) is 0 Å². The summed E-state index contributed by atoms with van der Waals surface area (Å²) in [6, 6.07) is 11.5. The van der Waals surface area contributed by atoms with E-state index in [9.17, 15) is 4.79 Å². The Kier molecular flexibility index (Phi) is 7.16. The van der Waals surface area contributed by atoms with Crippen LogP contribution in [0.15, 0.2) is 55.0 Å². The van der Waals surface area contributed by atoms with Gasteiger partial charge in [-0.1, -0.05) is 12.1 Å². The van der Waals surface area contributed by atoms with Gasteiger partial charge in [0.1, 0.15) is 5.69 Å². The highest BCUT2D eigenvalue weighted by Crippen LogP contribution is 2.26. The maximum Gasteiger partial charge on any atom is 0.363 e. The molecule has 0 saturated carbocycles. The third-order valence-electron chi connectivity index (χ3n) is 5.58. The molecule has 1 aromatic carbocycles. The first-order chi connectivity index (χ1) is 16.0. The number of nitrogens with zero attached hydrogens (tertiary/aromatic N) is 6. The van der Waals surface area contributed by atoms with Crippen LogP contribution in [-0.2, 0) is 4.65 Å². The van der Waals surface area contributed by atoms with E-state index in [2.05, 4.69) is 30.0 Å². The summed E-state index contributed by atoms with van der Waals surface area (Å²) in [4.78, 5) is 32.7. The Bertz CT molecular complexity index is 1100. The molecule has 1 amide bonds. The van der Waals surface area contributed by atoms with Crippen molar-refractivity contribution in [1.82, 2.24) is 19.8 Å². The van der Waals surface area contributed by atoms with Crippen molar-refractivity contribution in [2.45, 2.75) is 0 Å². The van der Waals surface area contributed by atoms with Crippen LogP contribution in [0, 0.1) is 0 Å². The highest BCUT2D eigenvalue weighted by molar-refractivity contribution is 6.23. The molecule has 33 heavy (non-hydrogen) atoms. The van der Waals surface area contributed by atoms with Crippen molar-refractivity contribution in [2.24, 2.45) is 0 Å². The first kappa shape index (κ1) is 22.7. The van der Waals surface area contributed by atoms with Crippen LogP contribution in [0.4, 0.5) is 17.1 Å². The van der Waals surface area contributed by atoms with Crippen LogP contribution in [0.2, 0.25) is 0 Å². The molecule has 4 rings (SSSR count). The minimum atomic E-state index is -0.297. The van der Waals surface area contributed by atoms with Gasteiger partial charge in [0.2, 0.25) is 0 Å². The zero-order chi connectivity index (χ0) is 23.2. The summed E-state index contributed by atoms with van der Waals surface area (Å²) < 4.78 is 5.23. The number of hydrogen-bond acceptors (Lipinski definition) is 8. The SMILES string of the molecule is COBN1CCN(c2ccncc2NC(=O)c2ccnc(-c3cccc(N(C)C)c3)n2)CC1. The fourth-order valence-electron chi connectivity index (χ4n) is 3.79. The fraction of sp³-hybridized carbons (Fsp3) is 0.304. The van der Waals surface area contributed by atoms with Crippen LogP contribution in [0.1, 0.15) is 10.5 Å². The molecule has 0 bridgehead atoms. The van der Waals surface area contributed by atoms with E-state index in [0.29, 0.717) is 24.8 Å². The van der Waals surface area contributed by atoms with Gasteiger partial charge in [0, 0.05) is 71.0 Å². The second-order valence-electron chi connectivity index (χ2n) is 8.08. The Morgan fingerprint density at radius 3 is 2.70 bits per heavy atom. The number of piperazine rings is 1. The van der Waals surface area contributed by atoms with Crippen molar-refractivity contribution in [2.75, 3.05) is 62.5 Å². The zero-order valence-corrected chi connectivity index (χ0v) is 19.2. The predicted octanol–water partition coefficient (Wildman–Crippen LogP) is 1.89. The third kappa shape index (κ3) is 5.47. The Morgan fingerprint density at radius 1 is 1.12 bits per heavy atom. The number of hydrogen-bond donors (Lipinski definition) is 1. The van der Waals surface area contributed by atoms with Crippen LogP contribution in [0.5, 0.6) is 0 Å². The highest BCUT2D eigenvalue weighted by atomic mass is 16.4. The normalized spacial score (nSPS) is 14.1. The van der Waals surface area contributed by atoms with E-state index < -0.39 is 0 Å². The first-order valence-electron chi connectivity index (χ1n) is 10.9. The number of carbonyl (C=O) groups is 1. The molecule has 3 aromatic rings. The molecule has 0 unspecified atom stereocenters. The molecule has 9 nitrogen and oxygen atoms in total. The van der Waals surface area contributed by atoms with E-state index in [-0.39, 0.29) is 5.91 Å². The summed E-state index contributed by atoms with van der Waals surface area (Å²) >= 11 is 0. The summed E-state index contributed by atoms with van der Waals surface area (Å²) in [6.07, 6.45) is 5.03. The molecule has 1 fully saturated rings. The number of amides is 1. The number of nitrogens with one attached hydrogen (secondary N) is 1. The van der Waals surface area contributed by atoms with Gasteiger partial charge in [-0.2, -0.15) is 0 Å². The molecule has 1 saturated heterocycles. The molecule has 0 atom stereocenters. The first-order valence-corrected chi connectivity index (χ1v) is 10.9. The lowest BCUT2D eigenvalue weighted by Gasteiger charge is -2.36. The average Bonchev–Trinajstić information content (AvgIpc) is 2.85. The van der Waals surface area contributed by atoms with Gasteiger partial charge in [-0.3, -0.25) is 9.78 Å². The van der Waals surface area contributed by atoms with Gasteiger partial charge in [-0.25, -0.2) is 9.97 Å². The second kappa shape index (κ2) is 10.4. The van der Waals surface area contributed by atoms with E-state index in [1.807, 2.05) is 49.3 Å². The monoisotopic (exact) mass is 445 g/mol. The molecule has 1 aliphatic rings. The maximum absolute atomic E-state index is 13.1. The van der Waals surface area contributed by atoms with Gasteiger partial charge in [0.05, 0.1) is 17.6 Å². The molecular weight excluding hydrogens is 417 g/mol. The van der Waals surface area contributed by atoms with Crippen LogP contribution in [-0.4, -0.2) is 80.7 Å². The van der Waals surface area contributed by atoms with Crippen molar-refractivity contribution in [3.8, 4) is 11.4 Å². The van der Waals surface area contributed by atoms with Crippen molar-refractivity contribution in [3.63, 3.8) is 0 Å². The molecule has 2 aromatic heterocycles. The molecule has 1 N–H and O–H groups in total. The Labute approximate surface area is 194 Å². The van der Waals surface area contributed by atoms with E-state index in [1.165, 1.54) is 0 Å². The lowest BCUT2D eigenvalue weighted by atomic mass is 10.1. The quantitative estimate of drug-likeness (QED) is 0.552. The zero-order valence-electron chi connectivity index (χ0n) is 19.2.